The maximum Gasteiger partial charge on any atom is 0.336 e. The van der Waals surface area contributed by atoms with Gasteiger partial charge in [-0.25, -0.2) is 9.18 Å². The minimum Gasteiger partial charge on any atom is -0.479 e. The second-order valence-electron chi connectivity index (χ2n) is 3.93. The third-order valence-corrected chi connectivity index (χ3v) is 2.53. The first-order chi connectivity index (χ1) is 7.83. The van der Waals surface area contributed by atoms with Crippen LogP contribution in [0.1, 0.15) is 12.5 Å². The highest BCUT2D eigenvalue weighted by Gasteiger charge is 2.28. The number of carboxylic acids is 1. The van der Waals surface area contributed by atoms with Gasteiger partial charge in [-0.1, -0.05) is 17.7 Å². The quantitative estimate of drug-likeness (QED) is 0.749. The molecule has 0 aliphatic carbocycles. The smallest absolute Gasteiger partial charge is 0.336 e. The van der Waals surface area contributed by atoms with E-state index in [9.17, 15) is 14.3 Å². The maximum atomic E-state index is 12.8. The SMILES string of the molecule is CC(O)(CNCc1ccc(F)c(Cl)c1)C(=O)O. The molecular formula is C11H13ClFNO3. The molecule has 0 heterocycles. The molecule has 0 radical (unpaired) electrons. The molecule has 0 bridgehead atoms. The number of halogens is 2. The van der Waals surface area contributed by atoms with Gasteiger partial charge in [0, 0.05) is 13.1 Å². The van der Waals surface area contributed by atoms with Crippen molar-refractivity contribution >= 4 is 17.6 Å². The van der Waals surface area contributed by atoms with Crippen molar-refractivity contribution in [2.24, 2.45) is 0 Å². The molecule has 1 rings (SSSR count). The Labute approximate surface area is 103 Å². The summed E-state index contributed by atoms with van der Waals surface area (Å²) in [5, 5.41) is 20.8. The molecule has 0 saturated carbocycles. The van der Waals surface area contributed by atoms with Crippen molar-refractivity contribution < 1.29 is 19.4 Å². The minimum absolute atomic E-state index is 0.00861. The van der Waals surface area contributed by atoms with Gasteiger partial charge in [0.1, 0.15) is 5.82 Å². The van der Waals surface area contributed by atoms with Gasteiger partial charge in [-0.05, 0) is 24.6 Å². The Kier molecular flexibility index (Phi) is 4.45. The molecule has 1 aromatic carbocycles. The van der Waals surface area contributed by atoms with E-state index in [4.69, 9.17) is 16.7 Å². The summed E-state index contributed by atoms with van der Waals surface area (Å²) in [6, 6.07) is 4.21. The Morgan fingerprint density at radius 1 is 1.59 bits per heavy atom. The van der Waals surface area contributed by atoms with E-state index in [1.807, 2.05) is 0 Å². The summed E-state index contributed by atoms with van der Waals surface area (Å²) in [6.07, 6.45) is 0. The van der Waals surface area contributed by atoms with Gasteiger partial charge in [0.2, 0.25) is 0 Å². The highest BCUT2D eigenvalue weighted by Crippen LogP contribution is 2.15. The van der Waals surface area contributed by atoms with Gasteiger partial charge >= 0.3 is 5.97 Å². The third kappa shape index (κ3) is 3.96. The fourth-order valence-electron chi connectivity index (χ4n) is 1.18. The van der Waals surface area contributed by atoms with Crippen molar-refractivity contribution in [3.63, 3.8) is 0 Å². The second-order valence-corrected chi connectivity index (χ2v) is 4.34. The monoisotopic (exact) mass is 261 g/mol. The molecule has 0 aliphatic heterocycles. The molecule has 0 amide bonds. The highest BCUT2D eigenvalue weighted by molar-refractivity contribution is 6.30. The zero-order valence-electron chi connectivity index (χ0n) is 9.20. The molecule has 4 nitrogen and oxygen atoms in total. The van der Waals surface area contributed by atoms with Gasteiger partial charge < -0.3 is 15.5 Å². The van der Waals surface area contributed by atoms with Crippen LogP contribution < -0.4 is 5.32 Å². The number of carbonyl (C=O) groups is 1. The predicted molar refractivity (Wildman–Crippen MR) is 61.4 cm³/mol. The molecule has 0 saturated heterocycles. The zero-order chi connectivity index (χ0) is 13.1. The van der Waals surface area contributed by atoms with Crippen LogP contribution in [0.3, 0.4) is 0 Å². The Morgan fingerprint density at radius 3 is 2.76 bits per heavy atom. The molecule has 6 heteroatoms. The summed E-state index contributed by atoms with van der Waals surface area (Å²) in [7, 11) is 0. The minimum atomic E-state index is -1.83. The van der Waals surface area contributed by atoms with Gasteiger partial charge in [-0.15, -0.1) is 0 Å². The Bertz CT molecular complexity index is 423. The highest BCUT2D eigenvalue weighted by atomic mass is 35.5. The van der Waals surface area contributed by atoms with E-state index in [1.165, 1.54) is 25.1 Å². The molecule has 0 aromatic heterocycles. The van der Waals surface area contributed by atoms with Gasteiger partial charge in [-0.2, -0.15) is 0 Å². The number of carboxylic acid groups (broad SMARTS) is 1. The summed E-state index contributed by atoms with van der Waals surface area (Å²) < 4.78 is 12.8. The van der Waals surface area contributed by atoms with Crippen LogP contribution in [-0.4, -0.2) is 28.3 Å². The normalized spacial score (nSPS) is 14.4. The first kappa shape index (κ1) is 13.9. The molecule has 3 N–H and O–H groups in total. The lowest BCUT2D eigenvalue weighted by atomic mass is 10.1. The zero-order valence-corrected chi connectivity index (χ0v) is 9.96. The number of nitrogens with one attached hydrogen (secondary N) is 1. The molecule has 0 spiro atoms. The topological polar surface area (TPSA) is 69.6 Å². The van der Waals surface area contributed by atoms with Crippen molar-refractivity contribution in [1.82, 2.24) is 5.32 Å². The van der Waals surface area contributed by atoms with E-state index in [2.05, 4.69) is 5.32 Å². The molecule has 1 unspecified atom stereocenters. The summed E-state index contributed by atoms with van der Waals surface area (Å²) in [5.74, 6) is -1.81. The summed E-state index contributed by atoms with van der Waals surface area (Å²) >= 11 is 5.59. The Morgan fingerprint density at radius 2 is 2.24 bits per heavy atom. The lowest BCUT2D eigenvalue weighted by Crippen LogP contribution is -2.44. The van der Waals surface area contributed by atoms with Gasteiger partial charge in [0.25, 0.3) is 0 Å². The van der Waals surface area contributed by atoms with Crippen LogP contribution in [-0.2, 0) is 11.3 Å². The molecule has 17 heavy (non-hydrogen) atoms. The van der Waals surface area contributed by atoms with Gasteiger partial charge in [0.15, 0.2) is 5.60 Å². The van der Waals surface area contributed by atoms with Crippen molar-refractivity contribution in [3.8, 4) is 0 Å². The average Bonchev–Trinajstić information content (AvgIpc) is 2.23. The van der Waals surface area contributed by atoms with Crippen molar-refractivity contribution in [1.29, 1.82) is 0 Å². The van der Waals surface area contributed by atoms with E-state index in [-0.39, 0.29) is 11.6 Å². The van der Waals surface area contributed by atoms with E-state index in [0.717, 1.165) is 0 Å². The number of aliphatic carboxylic acids is 1. The fraction of sp³-hybridized carbons (Fsp3) is 0.364. The van der Waals surface area contributed by atoms with Gasteiger partial charge in [-0.3, -0.25) is 0 Å². The van der Waals surface area contributed by atoms with Crippen LogP contribution in [0.4, 0.5) is 4.39 Å². The summed E-state index contributed by atoms with van der Waals surface area (Å²) in [5.41, 5.74) is -1.12. The number of aliphatic hydroxyl groups is 1. The van der Waals surface area contributed by atoms with Crippen LogP contribution in [0, 0.1) is 5.82 Å². The number of rotatable bonds is 5. The predicted octanol–water partition coefficient (Wildman–Crippen LogP) is 1.40. The van der Waals surface area contributed by atoms with E-state index in [1.54, 1.807) is 0 Å². The molecule has 0 aliphatic rings. The standard InChI is InChI=1S/C11H13ClFNO3/c1-11(17,10(15)16)6-14-5-7-2-3-9(13)8(12)4-7/h2-4,14,17H,5-6H2,1H3,(H,15,16). The maximum absolute atomic E-state index is 12.8. The second kappa shape index (κ2) is 5.44. The lowest BCUT2D eigenvalue weighted by molar-refractivity contribution is -0.156. The van der Waals surface area contributed by atoms with Crippen LogP contribution in [0.25, 0.3) is 0 Å². The number of hydrogen-bond acceptors (Lipinski definition) is 3. The Balaban J connectivity index is 2.51. The average molecular weight is 262 g/mol. The largest absolute Gasteiger partial charge is 0.479 e. The fourth-order valence-corrected chi connectivity index (χ4v) is 1.38. The number of benzene rings is 1. The summed E-state index contributed by atoms with van der Waals surface area (Å²) in [4.78, 5) is 10.6. The van der Waals surface area contributed by atoms with Gasteiger partial charge in [0.05, 0.1) is 5.02 Å². The van der Waals surface area contributed by atoms with Crippen LogP contribution >= 0.6 is 11.6 Å². The number of hydrogen-bond donors (Lipinski definition) is 3. The molecule has 1 aromatic rings. The van der Waals surface area contributed by atoms with Crippen molar-refractivity contribution in [2.75, 3.05) is 6.54 Å². The van der Waals surface area contributed by atoms with Crippen molar-refractivity contribution in [2.45, 2.75) is 19.1 Å². The van der Waals surface area contributed by atoms with Crippen LogP contribution in [0.5, 0.6) is 0 Å². The van der Waals surface area contributed by atoms with Crippen LogP contribution in [0.15, 0.2) is 18.2 Å². The molecule has 0 fully saturated rings. The molecule has 94 valence electrons. The van der Waals surface area contributed by atoms with Crippen molar-refractivity contribution in [3.05, 3.63) is 34.6 Å². The molecule has 1 atom stereocenters. The van der Waals surface area contributed by atoms with Crippen LogP contribution in [0.2, 0.25) is 5.02 Å². The lowest BCUT2D eigenvalue weighted by Gasteiger charge is -2.18. The summed E-state index contributed by atoms with van der Waals surface area (Å²) in [6.45, 7) is 1.38. The first-order valence-corrected chi connectivity index (χ1v) is 5.31. The van der Waals surface area contributed by atoms with E-state index < -0.39 is 17.4 Å². The first-order valence-electron chi connectivity index (χ1n) is 4.93. The van der Waals surface area contributed by atoms with E-state index in [0.29, 0.717) is 12.1 Å². The third-order valence-electron chi connectivity index (χ3n) is 2.24. The Hall–Kier alpha value is -1.17. The van der Waals surface area contributed by atoms with E-state index >= 15 is 0 Å². The molecular weight excluding hydrogens is 249 g/mol.